The van der Waals surface area contributed by atoms with E-state index in [1.165, 1.54) is 5.56 Å². The lowest BCUT2D eigenvalue weighted by Gasteiger charge is -1.99. The van der Waals surface area contributed by atoms with E-state index in [-0.39, 0.29) is 5.75 Å². The van der Waals surface area contributed by atoms with E-state index in [1.807, 2.05) is 13.1 Å². The number of rotatable bonds is 1. The molecule has 1 aromatic heterocycles. The van der Waals surface area contributed by atoms with Crippen LogP contribution < -0.4 is 0 Å². The highest BCUT2D eigenvalue weighted by molar-refractivity contribution is 5.94. The van der Waals surface area contributed by atoms with Gasteiger partial charge < -0.3 is 5.11 Å². The Morgan fingerprint density at radius 3 is 2.50 bits per heavy atom. The molecule has 3 nitrogen and oxygen atoms in total. The molecule has 0 spiro atoms. The van der Waals surface area contributed by atoms with E-state index < -0.39 is 0 Å². The maximum atomic E-state index is 9.53. The largest absolute Gasteiger partial charge is 0.508 e. The molecule has 0 bridgehead atoms. The van der Waals surface area contributed by atoms with E-state index >= 15 is 0 Å². The minimum Gasteiger partial charge on any atom is -0.508 e. The van der Waals surface area contributed by atoms with Crippen LogP contribution in [0.25, 0.3) is 22.2 Å². The van der Waals surface area contributed by atoms with Crippen molar-refractivity contribution in [1.29, 1.82) is 0 Å². The zero-order valence-electron chi connectivity index (χ0n) is 10.4. The average Bonchev–Trinajstić information content (AvgIpc) is 2.68. The predicted molar refractivity (Wildman–Crippen MR) is 72.6 cm³/mol. The highest BCUT2D eigenvalue weighted by Gasteiger charge is 2.10. The summed E-state index contributed by atoms with van der Waals surface area (Å²) in [5.74, 6) is 0.265. The number of phenolic OH excluding ortho intramolecular Hbond substituents is 1. The second-order valence-corrected chi connectivity index (χ2v) is 4.54. The number of nitrogens with zero attached hydrogens (tertiary/aromatic N) is 2. The van der Waals surface area contributed by atoms with Gasteiger partial charge in [-0.3, -0.25) is 4.68 Å². The molecule has 0 saturated heterocycles. The first kappa shape index (κ1) is 10.8. The minimum atomic E-state index is 0.265. The Morgan fingerprint density at radius 1 is 1.06 bits per heavy atom. The maximum absolute atomic E-state index is 9.53. The van der Waals surface area contributed by atoms with Gasteiger partial charge >= 0.3 is 0 Å². The number of hydrogen-bond donors (Lipinski definition) is 1. The van der Waals surface area contributed by atoms with Crippen LogP contribution in [0.5, 0.6) is 5.75 Å². The van der Waals surface area contributed by atoms with E-state index in [1.54, 1.807) is 16.8 Å². The smallest absolute Gasteiger partial charge is 0.117 e. The molecule has 0 atom stereocenters. The third-order valence-corrected chi connectivity index (χ3v) is 3.16. The molecule has 0 aliphatic heterocycles. The first-order valence-electron chi connectivity index (χ1n) is 5.88. The van der Waals surface area contributed by atoms with Gasteiger partial charge in [-0.05, 0) is 19.1 Å². The first-order valence-corrected chi connectivity index (χ1v) is 5.88. The van der Waals surface area contributed by atoms with Gasteiger partial charge in [0.05, 0.1) is 5.52 Å². The molecular weight excluding hydrogens is 224 g/mol. The number of hydrogen-bond acceptors (Lipinski definition) is 2. The van der Waals surface area contributed by atoms with Gasteiger partial charge in [-0.15, -0.1) is 0 Å². The third-order valence-electron chi connectivity index (χ3n) is 3.16. The van der Waals surface area contributed by atoms with Gasteiger partial charge in [0.25, 0.3) is 0 Å². The van der Waals surface area contributed by atoms with Gasteiger partial charge in [-0.2, -0.15) is 5.10 Å². The Morgan fingerprint density at radius 2 is 1.78 bits per heavy atom. The summed E-state index contributed by atoms with van der Waals surface area (Å²) in [4.78, 5) is 0. The van der Waals surface area contributed by atoms with Crippen molar-refractivity contribution in [2.75, 3.05) is 0 Å². The standard InChI is InChI=1S/C15H14N2O/c1-10-3-5-11(6-4-10)15-13-8-7-12(18)9-14(13)17(2)16-15/h3-9,18H,1-2H3. The molecule has 0 saturated carbocycles. The number of aromatic nitrogens is 2. The second kappa shape index (κ2) is 3.88. The molecule has 3 aromatic rings. The van der Waals surface area contributed by atoms with Crippen molar-refractivity contribution in [3.8, 4) is 17.0 Å². The van der Waals surface area contributed by atoms with E-state index in [0.29, 0.717) is 0 Å². The van der Waals surface area contributed by atoms with Crippen molar-refractivity contribution in [1.82, 2.24) is 9.78 Å². The molecule has 0 aliphatic carbocycles. The van der Waals surface area contributed by atoms with Crippen LogP contribution in [0.15, 0.2) is 42.5 Å². The van der Waals surface area contributed by atoms with Crippen LogP contribution in [-0.2, 0) is 7.05 Å². The Balaban J connectivity index is 2.26. The molecule has 0 aliphatic rings. The Hall–Kier alpha value is -2.29. The van der Waals surface area contributed by atoms with Gasteiger partial charge in [0.1, 0.15) is 11.4 Å². The molecular formula is C15H14N2O. The van der Waals surface area contributed by atoms with Crippen molar-refractivity contribution < 1.29 is 5.11 Å². The van der Waals surface area contributed by atoms with E-state index in [4.69, 9.17) is 0 Å². The molecule has 1 N–H and O–H groups in total. The molecule has 3 rings (SSSR count). The molecule has 18 heavy (non-hydrogen) atoms. The van der Waals surface area contributed by atoms with Gasteiger partial charge in [0, 0.05) is 24.1 Å². The lowest BCUT2D eigenvalue weighted by atomic mass is 10.1. The molecule has 90 valence electrons. The Kier molecular flexibility index (Phi) is 2.33. The number of fused-ring (bicyclic) bond motifs is 1. The highest BCUT2D eigenvalue weighted by atomic mass is 16.3. The summed E-state index contributed by atoms with van der Waals surface area (Å²) in [5.41, 5.74) is 4.21. The van der Waals surface area contributed by atoms with E-state index in [9.17, 15) is 5.11 Å². The fourth-order valence-corrected chi connectivity index (χ4v) is 2.17. The fourth-order valence-electron chi connectivity index (χ4n) is 2.17. The summed E-state index contributed by atoms with van der Waals surface area (Å²) in [7, 11) is 1.89. The molecule has 1 heterocycles. The van der Waals surface area contributed by atoms with Crippen LogP contribution in [0.2, 0.25) is 0 Å². The van der Waals surface area contributed by atoms with Crippen molar-refractivity contribution in [2.45, 2.75) is 6.92 Å². The van der Waals surface area contributed by atoms with Crippen LogP contribution in [0.1, 0.15) is 5.56 Å². The monoisotopic (exact) mass is 238 g/mol. The third kappa shape index (κ3) is 1.64. The number of benzene rings is 2. The summed E-state index contributed by atoms with van der Waals surface area (Å²) in [6, 6.07) is 13.6. The summed E-state index contributed by atoms with van der Waals surface area (Å²) in [6.07, 6.45) is 0. The van der Waals surface area contributed by atoms with Crippen molar-refractivity contribution in [3.63, 3.8) is 0 Å². The predicted octanol–water partition coefficient (Wildman–Crippen LogP) is 3.25. The molecule has 0 fully saturated rings. The number of aryl methyl sites for hydroxylation is 2. The van der Waals surface area contributed by atoms with E-state index in [2.05, 4.69) is 36.3 Å². The first-order chi connectivity index (χ1) is 8.65. The Labute approximate surface area is 105 Å². The molecule has 0 unspecified atom stereocenters. The highest BCUT2D eigenvalue weighted by Crippen LogP contribution is 2.29. The zero-order valence-corrected chi connectivity index (χ0v) is 10.4. The topological polar surface area (TPSA) is 38.0 Å². The fraction of sp³-hybridized carbons (Fsp3) is 0.133. The average molecular weight is 238 g/mol. The van der Waals surface area contributed by atoms with Crippen molar-refractivity contribution >= 4 is 10.9 Å². The van der Waals surface area contributed by atoms with Gasteiger partial charge in [0.2, 0.25) is 0 Å². The van der Waals surface area contributed by atoms with Crippen LogP contribution in [0, 0.1) is 6.92 Å². The minimum absolute atomic E-state index is 0.265. The summed E-state index contributed by atoms with van der Waals surface area (Å²) in [5, 5.41) is 15.1. The molecule has 3 heteroatoms. The molecule has 0 amide bonds. The SMILES string of the molecule is Cc1ccc(-c2nn(C)c3cc(O)ccc23)cc1. The van der Waals surface area contributed by atoms with Gasteiger partial charge in [-0.1, -0.05) is 29.8 Å². The van der Waals surface area contributed by atoms with E-state index in [0.717, 1.165) is 22.2 Å². The van der Waals surface area contributed by atoms with Gasteiger partial charge in [0.15, 0.2) is 0 Å². The van der Waals surface area contributed by atoms with Crippen LogP contribution in [0.3, 0.4) is 0 Å². The summed E-state index contributed by atoms with van der Waals surface area (Å²) >= 11 is 0. The lowest BCUT2D eigenvalue weighted by molar-refractivity contribution is 0.476. The van der Waals surface area contributed by atoms with Crippen LogP contribution in [-0.4, -0.2) is 14.9 Å². The molecule has 2 aromatic carbocycles. The second-order valence-electron chi connectivity index (χ2n) is 4.54. The normalized spacial score (nSPS) is 11.0. The maximum Gasteiger partial charge on any atom is 0.117 e. The summed E-state index contributed by atoms with van der Waals surface area (Å²) in [6.45, 7) is 2.07. The number of aromatic hydroxyl groups is 1. The lowest BCUT2D eigenvalue weighted by Crippen LogP contribution is -1.89. The summed E-state index contributed by atoms with van der Waals surface area (Å²) < 4.78 is 1.80. The van der Waals surface area contributed by atoms with Crippen molar-refractivity contribution in [2.24, 2.45) is 7.05 Å². The zero-order chi connectivity index (χ0) is 12.7. The van der Waals surface area contributed by atoms with Crippen LogP contribution in [0.4, 0.5) is 0 Å². The molecule has 0 radical (unpaired) electrons. The van der Waals surface area contributed by atoms with Crippen LogP contribution >= 0.6 is 0 Å². The quantitative estimate of drug-likeness (QED) is 0.706. The van der Waals surface area contributed by atoms with Gasteiger partial charge in [-0.25, -0.2) is 0 Å². The number of phenols is 1. The van der Waals surface area contributed by atoms with Crippen molar-refractivity contribution in [3.05, 3.63) is 48.0 Å². The Bertz CT molecular complexity index is 711.